The molecule has 4 heterocycles. The van der Waals surface area contributed by atoms with Gasteiger partial charge in [0.2, 0.25) is 0 Å². The van der Waals surface area contributed by atoms with Crippen molar-refractivity contribution in [3.8, 4) is 39.9 Å². The first-order valence-corrected chi connectivity index (χ1v) is 15.3. The largest absolute Gasteiger partial charge is 0.294 e. The maximum atomic E-state index is 5.05. The lowest BCUT2D eigenvalue weighted by molar-refractivity contribution is 1.07. The zero-order chi connectivity index (χ0) is 29.0. The summed E-state index contributed by atoms with van der Waals surface area (Å²) in [4.78, 5) is 19.7. The highest BCUT2D eigenvalue weighted by molar-refractivity contribution is 7.26. The van der Waals surface area contributed by atoms with E-state index in [9.17, 15) is 0 Å². The molecule has 0 aliphatic heterocycles. The van der Waals surface area contributed by atoms with E-state index in [1.54, 1.807) is 0 Å². The number of nitrogens with zero attached hydrogens (tertiary/aromatic N) is 5. The minimum atomic E-state index is 0.636. The number of aromatic nitrogens is 5. The number of benzene rings is 5. The molecule has 44 heavy (non-hydrogen) atoms. The third kappa shape index (κ3) is 3.92. The summed E-state index contributed by atoms with van der Waals surface area (Å²) >= 11 is 1.84. The summed E-state index contributed by atoms with van der Waals surface area (Å²) in [6.07, 6.45) is 2.03. The summed E-state index contributed by atoms with van der Waals surface area (Å²) in [6, 6.07) is 45.7. The van der Waals surface area contributed by atoms with Crippen LogP contribution in [0.25, 0.3) is 82.0 Å². The molecule has 5 nitrogen and oxygen atoms in total. The van der Waals surface area contributed by atoms with Crippen molar-refractivity contribution < 1.29 is 0 Å². The fraction of sp³-hybridized carbons (Fsp3) is 0. The molecule has 0 atom stereocenters. The van der Waals surface area contributed by atoms with Crippen molar-refractivity contribution in [1.29, 1.82) is 0 Å². The second-order valence-electron chi connectivity index (χ2n) is 10.7. The Balaban J connectivity index is 1.21. The SMILES string of the molecule is c1ccc(-c2nc(-c3ccccc3)nc(-c3ccc(-n4c5ccccc5c5c6sc7ccccc7c6cnc54)cc3)n2)cc1. The topological polar surface area (TPSA) is 56.5 Å². The van der Waals surface area contributed by atoms with Gasteiger partial charge in [0.1, 0.15) is 5.65 Å². The lowest BCUT2D eigenvalue weighted by atomic mass is 10.1. The van der Waals surface area contributed by atoms with Gasteiger partial charge in [-0.1, -0.05) is 97.1 Å². The van der Waals surface area contributed by atoms with Crippen LogP contribution in [0.2, 0.25) is 0 Å². The Bertz CT molecular complexity index is 2420. The number of rotatable bonds is 4. The minimum Gasteiger partial charge on any atom is -0.294 e. The monoisotopic (exact) mass is 581 g/mol. The molecule has 0 radical (unpaired) electrons. The van der Waals surface area contributed by atoms with Crippen molar-refractivity contribution in [2.75, 3.05) is 0 Å². The van der Waals surface area contributed by atoms with E-state index in [0.717, 1.165) is 33.5 Å². The van der Waals surface area contributed by atoms with Crippen molar-refractivity contribution >= 4 is 53.4 Å². The van der Waals surface area contributed by atoms with Crippen molar-refractivity contribution in [3.63, 3.8) is 0 Å². The van der Waals surface area contributed by atoms with Crippen LogP contribution in [-0.2, 0) is 0 Å². The number of hydrogen-bond donors (Lipinski definition) is 0. The molecule has 0 bridgehead atoms. The average molecular weight is 582 g/mol. The number of fused-ring (bicyclic) bond motifs is 7. The highest BCUT2D eigenvalue weighted by Gasteiger charge is 2.19. The molecule has 0 amide bonds. The van der Waals surface area contributed by atoms with Crippen LogP contribution in [0.15, 0.2) is 140 Å². The van der Waals surface area contributed by atoms with Crippen LogP contribution < -0.4 is 0 Å². The van der Waals surface area contributed by atoms with Crippen LogP contribution in [-0.4, -0.2) is 24.5 Å². The summed E-state index contributed by atoms with van der Waals surface area (Å²) in [5.41, 5.74) is 5.95. The van der Waals surface area contributed by atoms with Gasteiger partial charge in [-0.3, -0.25) is 4.57 Å². The summed E-state index contributed by atoms with van der Waals surface area (Å²) < 4.78 is 4.81. The van der Waals surface area contributed by atoms with Crippen LogP contribution in [0.1, 0.15) is 0 Å². The molecule has 0 aliphatic rings. The number of hydrogen-bond acceptors (Lipinski definition) is 5. The van der Waals surface area contributed by atoms with E-state index in [4.69, 9.17) is 19.9 Å². The summed E-state index contributed by atoms with van der Waals surface area (Å²) in [7, 11) is 0. The second-order valence-corrected chi connectivity index (χ2v) is 11.8. The molecule has 4 aromatic heterocycles. The summed E-state index contributed by atoms with van der Waals surface area (Å²) in [6.45, 7) is 0. The third-order valence-electron chi connectivity index (χ3n) is 8.11. The van der Waals surface area contributed by atoms with E-state index in [1.807, 2.05) is 78.2 Å². The van der Waals surface area contributed by atoms with E-state index in [-0.39, 0.29) is 0 Å². The fourth-order valence-corrected chi connectivity index (χ4v) is 7.27. The molecular formula is C38H23N5S. The van der Waals surface area contributed by atoms with Crippen LogP contribution in [0.5, 0.6) is 0 Å². The Hall–Kier alpha value is -5.72. The highest BCUT2D eigenvalue weighted by Crippen LogP contribution is 2.42. The van der Waals surface area contributed by atoms with Crippen LogP contribution in [0, 0.1) is 0 Å². The molecule has 0 spiro atoms. The van der Waals surface area contributed by atoms with Crippen molar-refractivity contribution in [2.45, 2.75) is 0 Å². The number of pyridine rings is 1. The van der Waals surface area contributed by atoms with Gasteiger partial charge in [-0.15, -0.1) is 11.3 Å². The minimum absolute atomic E-state index is 0.636. The molecular weight excluding hydrogens is 559 g/mol. The van der Waals surface area contributed by atoms with Gasteiger partial charge in [-0.05, 0) is 36.4 Å². The first-order chi connectivity index (χ1) is 21.8. The lowest BCUT2D eigenvalue weighted by Gasteiger charge is -2.10. The summed E-state index contributed by atoms with van der Waals surface area (Å²) in [5, 5.41) is 4.86. The molecule has 0 saturated carbocycles. The molecule has 0 fully saturated rings. The maximum Gasteiger partial charge on any atom is 0.164 e. The Morgan fingerprint density at radius 2 is 1.02 bits per heavy atom. The van der Waals surface area contributed by atoms with Crippen LogP contribution >= 0.6 is 11.3 Å². The van der Waals surface area contributed by atoms with Crippen molar-refractivity contribution in [2.24, 2.45) is 0 Å². The molecule has 5 aromatic carbocycles. The van der Waals surface area contributed by atoms with E-state index < -0.39 is 0 Å². The number of para-hydroxylation sites is 1. The number of thiophene rings is 1. The van der Waals surface area contributed by atoms with Crippen molar-refractivity contribution in [1.82, 2.24) is 24.5 Å². The van der Waals surface area contributed by atoms with Gasteiger partial charge in [0, 0.05) is 59.5 Å². The highest BCUT2D eigenvalue weighted by atomic mass is 32.1. The standard InChI is InChI=1S/C38H23N5S/c1-3-11-24(12-4-1)35-40-36(25-13-5-2-6-14-25)42-37(41-35)26-19-21-27(22-20-26)43-31-17-9-7-16-29(31)33-34-30(23-39-38(33)43)28-15-8-10-18-32(28)44-34/h1-23H. The zero-order valence-electron chi connectivity index (χ0n) is 23.4. The lowest BCUT2D eigenvalue weighted by Crippen LogP contribution is -2.00. The quantitative estimate of drug-likeness (QED) is 0.208. The van der Waals surface area contributed by atoms with Gasteiger partial charge in [0.25, 0.3) is 0 Å². The first-order valence-electron chi connectivity index (χ1n) is 14.5. The predicted octanol–water partition coefficient (Wildman–Crippen LogP) is 9.73. The first kappa shape index (κ1) is 24.8. The molecule has 9 rings (SSSR count). The molecule has 9 aromatic rings. The van der Waals surface area contributed by atoms with Gasteiger partial charge < -0.3 is 0 Å². The van der Waals surface area contributed by atoms with Gasteiger partial charge >= 0.3 is 0 Å². The molecule has 0 aliphatic carbocycles. The van der Waals surface area contributed by atoms with Gasteiger partial charge in [-0.2, -0.15) is 0 Å². The molecule has 6 heteroatoms. The van der Waals surface area contributed by atoms with E-state index in [2.05, 4.69) is 77.4 Å². The van der Waals surface area contributed by atoms with E-state index in [1.165, 1.54) is 30.9 Å². The third-order valence-corrected chi connectivity index (χ3v) is 9.31. The smallest absolute Gasteiger partial charge is 0.164 e. The second kappa shape index (κ2) is 9.93. The fourth-order valence-electron chi connectivity index (χ4n) is 6.04. The van der Waals surface area contributed by atoms with E-state index >= 15 is 0 Å². The van der Waals surface area contributed by atoms with Crippen LogP contribution in [0.4, 0.5) is 0 Å². The predicted molar refractivity (Wildman–Crippen MR) is 181 cm³/mol. The molecule has 206 valence electrons. The average Bonchev–Trinajstić information content (AvgIpc) is 3.65. The Labute approximate surface area is 256 Å². The van der Waals surface area contributed by atoms with Gasteiger partial charge in [0.05, 0.1) is 5.52 Å². The summed E-state index contributed by atoms with van der Waals surface area (Å²) in [5.74, 6) is 1.94. The molecule has 0 saturated heterocycles. The van der Waals surface area contributed by atoms with Gasteiger partial charge in [0.15, 0.2) is 17.5 Å². The van der Waals surface area contributed by atoms with Crippen molar-refractivity contribution in [3.05, 3.63) is 140 Å². The zero-order valence-corrected chi connectivity index (χ0v) is 24.2. The maximum absolute atomic E-state index is 5.05. The normalized spacial score (nSPS) is 11.6. The molecule has 0 unspecified atom stereocenters. The van der Waals surface area contributed by atoms with Crippen LogP contribution in [0.3, 0.4) is 0 Å². The van der Waals surface area contributed by atoms with Gasteiger partial charge in [-0.25, -0.2) is 19.9 Å². The Morgan fingerprint density at radius 3 is 1.68 bits per heavy atom. The van der Waals surface area contributed by atoms with E-state index in [0.29, 0.717) is 17.5 Å². The molecule has 0 N–H and O–H groups in total. The Morgan fingerprint density at radius 1 is 0.477 bits per heavy atom. The Kier molecular flexibility index (Phi) is 5.61.